The van der Waals surface area contributed by atoms with Crippen molar-refractivity contribution in [3.05, 3.63) is 22.4 Å². The molecule has 0 bridgehead atoms. The van der Waals surface area contributed by atoms with Crippen LogP contribution in [0.4, 0.5) is 4.39 Å². The first-order chi connectivity index (χ1) is 9.70. The molecule has 0 radical (unpaired) electrons. The van der Waals surface area contributed by atoms with E-state index in [-0.39, 0.29) is 28.8 Å². The number of nitrogens with zero attached hydrogens (tertiary/aromatic N) is 1. The Labute approximate surface area is 130 Å². The number of carbonyl (C=O) groups excluding carboxylic acids is 1. The Morgan fingerprint density at radius 1 is 1.52 bits per heavy atom. The SMILES string of the molecule is CN(C(=O)COc1cc(F)c(S(N)(=O)=O)cc1Br)C1CC1. The summed E-state index contributed by atoms with van der Waals surface area (Å²) in [6, 6.07) is 2.15. The minimum Gasteiger partial charge on any atom is -0.482 e. The van der Waals surface area contributed by atoms with Crippen LogP contribution in [0.3, 0.4) is 0 Å². The third-order valence-corrected chi connectivity index (χ3v) is 4.68. The van der Waals surface area contributed by atoms with Crippen LogP contribution >= 0.6 is 15.9 Å². The van der Waals surface area contributed by atoms with Crippen LogP contribution in [-0.2, 0) is 14.8 Å². The number of sulfonamides is 1. The number of halogens is 2. The molecule has 116 valence electrons. The quantitative estimate of drug-likeness (QED) is 0.831. The fraction of sp³-hybridized carbons (Fsp3) is 0.417. The molecule has 0 spiro atoms. The third-order valence-electron chi connectivity index (χ3n) is 3.13. The fourth-order valence-electron chi connectivity index (χ4n) is 1.75. The molecule has 0 heterocycles. The van der Waals surface area contributed by atoms with E-state index in [1.807, 2.05) is 0 Å². The van der Waals surface area contributed by atoms with Gasteiger partial charge in [0.2, 0.25) is 10.0 Å². The van der Waals surface area contributed by atoms with Gasteiger partial charge in [0.1, 0.15) is 16.5 Å². The molecule has 6 nitrogen and oxygen atoms in total. The largest absolute Gasteiger partial charge is 0.482 e. The highest BCUT2D eigenvalue weighted by Crippen LogP contribution is 2.30. The summed E-state index contributed by atoms with van der Waals surface area (Å²) < 4.78 is 41.5. The van der Waals surface area contributed by atoms with Gasteiger partial charge in [-0.05, 0) is 34.8 Å². The summed E-state index contributed by atoms with van der Waals surface area (Å²) in [5.74, 6) is -1.21. The van der Waals surface area contributed by atoms with Crippen LogP contribution in [0.2, 0.25) is 0 Å². The molecular formula is C12H14BrFN2O4S. The number of carbonyl (C=O) groups is 1. The zero-order valence-corrected chi connectivity index (χ0v) is 13.6. The molecule has 0 unspecified atom stereocenters. The van der Waals surface area contributed by atoms with Crippen molar-refractivity contribution in [2.24, 2.45) is 5.14 Å². The molecule has 1 aromatic carbocycles. The molecule has 9 heteroatoms. The molecule has 0 aromatic heterocycles. The van der Waals surface area contributed by atoms with Crippen LogP contribution in [0.25, 0.3) is 0 Å². The Hall–Kier alpha value is -1.19. The van der Waals surface area contributed by atoms with Crippen LogP contribution < -0.4 is 9.88 Å². The highest BCUT2D eigenvalue weighted by atomic mass is 79.9. The van der Waals surface area contributed by atoms with E-state index in [9.17, 15) is 17.6 Å². The van der Waals surface area contributed by atoms with Crippen LogP contribution in [0.15, 0.2) is 21.5 Å². The first-order valence-electron chi connectivity index (χ1n) is 6.10. The van der Waals surface area contributed by atoms with Crippen molar-refractivity contribution < 1.29 is 22.3 Å². The lowest BCUT2D eigenvalue weighted by molar-refractivity contribution is -0.132. The van der Waals surface area contributed by atoms with Gasteiger partial charge in [0.25, 0.3) is 5.91 Å². The zero-order valence-electron chi connectivity index (χ0n) is 11.2. The van der Waals surface area contributed by atoms with E-state index in [1.165, 1.54) is 0 Å². The fourth-order valence-corrected chi connectivity index (χ4v) is 2.97. The van der Waals surface area contributed by atoms with E-state index in [4.69, 9.17) is 9.88 Å². The maximum absolute atomic E-state index is 13.7. The van der Waals surface area contributed by atoms with Gasteiger partial charge in [-0.15, -0.1) is 0 Å². The number of hydrogen-bond donors (Lipinski definition) is 1. The van der Waals surface area contributed by atoms with Gasteiger partial charge in [-0.1, -0.05) is 0 Å². The molecule has 1 fully saturated rings. The summed E-state index contributed by atoms with van der Waals surface area (Å²) in [5, 5.41) is 4.89. The van der Waals surface area contributed by atoms with Gasteiger partial charge < -0.3 is 9.64 Å². The molecule has 1 aromatic rings. The minimum absolute atomic E-state index is 0.0393. The van der Waals surface area contributed by atoms with E-state index >= 15 is 0 Å². The molecule has 0 aliphatic heterocycles. The first kappa shape index (κ1) is 16.2. The maximum atomic E-state index is 13.7. The van der Waals surface area contributed by atoms with E-state index in [1.54, 1.807) is 11.9 Å². The predicted molar refractivity (Wildman–Crippen MR) is 76.8 cm³/mol. The standard InChI is InChI=1S/C12H14BrFN2O4S/c1-16(7-2-3-7)12(17)6-20-10-5-9(14)11(4-8(10)13)21(15,18)19/h4-5,7H,2-3,6H2,1H3,(H2,15,18,19). The topological polar surface area (TPSA) is 89.7 Å². The molecule has 0 atom stereocenters. The minimum atomic E-state index is -4.16. The number of hydrogen-bond acceptors (Lipinski definition) is 4. The summed E-state index contributed by atoms with van der Waals surface area (Å²) in [6.45, 7) is -0.250. The number of primary sulfonamides is 1. The molecular weight excluding hydrogens is 367 g/mol. The Balaban J connectivity index is 2.10. The van der Waals surface area contributed by atoms with Gasteiger partial charge in [-0.2, -0.15) is 0 Å². The number of amides is 1. The van der Waals surface area contributed by atoms with Gasteiger partial charge in [-0.3, -0.25) is 4.79 Å². The Morgan fingerprint density at radius 2 is 2.14 bits per heavy atom. The lowest BCUT2D eigenvalue weighted by Gasteiger charge is -2.17. The molecule has 2 N–H and O–H groups in total. The summed E-state index contributed by atoms with van der Waals surface area (Å²) in [5.41, 5.74) is 0. The van der Waals surface area contributed by atoms with Crippen molar-refractivity contribution in [1.29, 1.82) is 0 Å². The highest BCUT2D eigenvalue weighted by molar-refractivity contribution is 9.10. The van der Waals surface area contributed by atoms with Crippen molar-refractivity contribution >= 4 is 31.9 Å². The predicted octanol–water partition coefficient (Wildman–Crippen LogP) is 1.24. The molecule has 1 amide bonds. The molecule has 1 aliphatic rings. The number of benzene rings is 1. The number of nitrogens with two attached hydrogens (primary N) is 1. The normalized spacial score (nSPS) is 14.9. The van der Waals surface area contributed by atoms with Gasteiger partial charge in [0.15, 0.2) is 6.61 Å². The molecule has 1 aliphatic carbocycles. The van der Waals surface area contributed by atoms with Gasteiger partial charge in [-0.25, -0.2) is 17.9 Å². The zero-order chi connectivity index (χ0) is 15.8. The lowest BCUT2D eigenvalue weighted by Crippen LogP contribution is -2.33. The van der Waals surface area contributed by atoms with E-state index < -0.39 is 20.7 Å². The van der Waals surface area contributed by atoms with Crippen molar-refractivity contribution in [3.8, 4) is 5.75 Å². The lowest BCUT2D eigenvalue weighted by atomic mass is 10.3. The van der Waals surface area contributed by atoms with Gasteiger partial charge >= 0.3 is 0 Å². The van der Waals surface area contributed by atoms with Crippen molar-refractivity contribution in [2.45, 2.75) is 23.8 Å². The highest BCUT2D eigenvalue weighted by Gasteiger charge is 2.29. The second-order valence-corrected chi connectivity index (χ2v) is 7.17. The molecule has 0 saturated heterocycles. The number of likely N-dealkylation sites (N-methyl/N-ethyl adjacent to an activating group) is 1. The number of rotatable bonds is 5. The summed E-state index contributed by atoms with van der Waals surface area (Å²) in [6.07, 6.45) is 1.95. The smallest absolute Gasteiger partial charge is 0.260 e. The van der Waals surface area contributed by atoms with Gasteiger partial charge in [0, 0.05) is 19.2 Å². The van der Waals surface area contributed by atoms with Crippen LogP contribution in [0.1, 0.15) is 12.8 Å². The second kappa shape index (κ2) is 5.90. The van der Waals surface area contributed by atoms with Crippen LogP contribution in [0.5, 0.6) is 5.75 Å². The average Bonchev–Trinajstić information content (AvgIpc) is 3.21. The molecule has 1 saturated carbocycles. The van der Waals surface area contributed by atoms with Gasteiger partial charge in [0.05, 0.1) is 4.47 Å². The molecule has 21 heavy (non-hydrogen) atoms. The van der Waals surface area contributed by atoms with Crippen LogP contribution in [0, 0.1) is 5.82 Å². The van der Waals surface area contributed by atoms with Crippen LogP contribution in [-0.4, -0.2) is 38.9 Å². The monoisotopic (exact) mass is 380 g/mol. The summed E-state index contributed by atoms with van der Waals surface area (Å²) in [4.78, 5) is 12.7. The second-order valence-electron chi connectivity index (χ2n) is 4.78. The van der Waals surface area contributed by atoms with Crippen molar-refractivity contribution in [2.75, 3.05) is 13.7 Å². The van der Waals surface area contributed by atoms with Crippen molar-refractivity contribution in [3.63, 3.8) is 0 Å². The maximum Gasteiger partial charge on any atom is 0.260 e. The average molecular weight is 381 g/mol. The first-order valence-corrected chi connectivity index (χ1v) is 8.44. The Kier molecular flexibility index (Phi) is 4.54. The van der Waals surface area contributed by atoms with Crippen molar-refractivity contribution in [1.82, 2.24) is 4.90 Å². The Bertz CT molecular complexity index is 676. The van der Waals surface area contributed by atoms with E-state index in [0.29, 0.717) is 0 Å². The summed E-state index contributed by atoms with van der Waals surface area (Å²) in [7, 11) is -2.47. The van der Waals surface area contributed by atoms with E-state index in [0.717, 1.165) is 25.0 Å². The third kappa shape index (κ3) is 3.92. The molecule has 2 rings (SSSR count). The van der Waals surface area contributed by atoms with E-state index in [2.05, 4.69) is 15.9 Å². The summed E-state index contributed by atoms with van der Waals surface area (Å²) >= 11 is 3.07. The Morgan fingerprint density at radius 3 is 2.67 bits per heavy atom. The number of ether oxygens (including phenoxy) is 1.